The van der Waals surface area contributed by atoms with Crippen LogP contribution in [-0.2, 0) is 11.2 Å². The summed E-state index contributed by atoms with van der Waals surface area (Å²) in [7, 11) is 0. The Morgan fingerprint density at radius 2 is 1.83 bits per heavy atom. The van der Waals surface area contributed by atoms with Crippen molar-refractivity contribution < 1.29 is 9.59 Å². The molecule has 0 bridgehead atoms. The molecule has 1 heterocycles. The van der Waals surface area contributed by atoms with Crippen molar-refractivity contribution in [2.45, 2.75) is 18.5 Å². The largest absolute Gasteiger partial charge is 0.356 e. The van der Waals surface area contributed by atoms with Gasteiger partial charge in [0.1, 0.15) is 5.82 Å². The number of aromatic nitrogens is 3. The highest BCUT2D eigenvalue weighted by Gasteiger charge is 2.17. The third-order valence-electron chi connectivity index (χ3n) is 4.08. The van der Waals surface area contributed by atoms with Gasteiger partial charge >= 0.3 is 0 Å². The maximum atomic E-state index is 12.6. The van der Waals surface area contributed by atoms with Crippen LogP contribution in [0, 0.1) is 3.57 Å². The Morgan fingerprint density at radius 1 is 1.10 bits per heavy atom. The standard InChI is InChI=1S/C20H17Cl2IN4O2S/c1-12(28)24-9-8-19-25-26-20(27(19)15-6-7-16(21)17(22)10-15)30-11-18(29)13-2-4-14(23)5-3-13/h2-7,10H,8-9,11H2,1H3,(H,24,28). The summed E-state index contributed by atoms with van der Waals surface area (Å²) >= 11 is 15.7. The lowest BCUT2D eigenvalue weighted by atomic mass is 10.2. The number of Topliss-reactive ketones (excluding diaryl/α,β-unsaturated/α-hetero) is 1. The van der Waals surface area contributed by atoms with E-state index in [0.717, 1.165) is 9.26 Å². The van der Waals surface area contributed by atoms with Crippen molar-refractivity contribution in [3.05, 3.63) is 67.5 Å². The van der Waals surface area contributed by atoms with E-state index in [1.54, 1.807) is 12.1 Å². The second-order valence-electron chi connectivity index (χ2n) is 6.28. The molecular formula is C20H17Cl2IN4O2S. The summed E-state index contributed by atoms with van der Waals surface area (Å²) in [6.07, 6.45) is 0.471. The van der Waals surface area contributed by atoms with Crippen LogP contribution in [0.1, 0.15) is 23.1 Å². The molecule has 0 aliphatic carbocycles. The van der Waals surface area contributed by atoms with Gasteiger partial charge in [0, 0.05) is 29.0 Å². The number of hydrogen-bond acceptors (Lipinski definition) is 5. The van der Waals surface area contributed by atoms with E-state index in [-0.39, 0.29) is 17.4 Å². The van der Waals surface area contributed by atoms with E-state index in [0.29, 0.717) is 39.6 Å². The van der Waals surface area contributed by atoms with Crippen LogP contribution < -0.4 is 5.32 Å². The normalized spacial score (nSPS) is 10.8. The summed E-state index contributed by atoms with van der Waals surface area (Å²) in [4.78, 5) is 23.7. The van der Waals surface area contributed by atoms with Gasteiger partial charge in [0.05, 0.1) is 21.5 Å². The fourth-order valence-electron chi connectivity index (χ4n) is 2.64. The van der Waals surface area contributed by atoms with Crippen LogP contribution in [0.2, 0.25) is 10.0 Å². The summed E-state index contributed by atoms with van der Waals surface area (Å²) in [5.74, 6) is 0.741. The van der Waals surface area contributed by atoms with Crippen LogP contribution in [0.25, 0.3) is 5.69 Å². The summed E-state index contributed by atoms with van der Waals surface area (Å²) < 4.78 is 2.90. The van der Waals surface area contributed by atoms with E-state index in [2.05, 4.69) is 38.1 Å². The zero-order valence-corrected chi connectivity index (χ0v) is 20.3. The molecule has 0 radical (unpaired) electrons. The first-order valence-electron chi connectivity index (χ1n) is 8.91. The molecule has 0 aliphatic rings. The predicted molar refractivity (Wildman–Crippen MR) is 128 cm³/mol. The van der Waals surface area contributed by atoms with Crippen LogP contribution in [0.3, 0.4) is 0 Å². The van der Waals surface area contributed by atoms with Gasteiger partial charge in [-0.2, -0.15) is 0 Å². The second kappa shape index (κ2) is 10.6. The smallest absolute Gasteiger partial charge is 0.216 e. The lowest BCUT2D eigenvalue weighted by Gasteiger charge is -2.11. The highest BCUT2D eigenvalue weighted by Crippen LogP contribution is 2.28. The molecule has 1 N–H and O–H groups in total. The SMILES string of the molecule is CC(=O)NCCc1nnc(SCC(=O)c2ccc(I)cc2)n1-c1ccc(Cl)c(Cl)c1. The number of halogens is 3. The first-order valence-corrected chi connectivity index (χ1v) is 11.7. The molecule has 0 aliphatic heterocycles. The summed E-state index contributed by atoms with van der Waals surface area (Å²) in [6, 6.07) is 12.7. The fraction of sp³-hybridized carbons (Fsp3) is 0.200. The average Bonchev–Trinajstić information content (AvgIpc) is 3.11. The molecule has 3 aromatic rings. The average molecular weight is 575 g/mol. The van der Waals surface area contributed by atoms with Gasteiger partial charge in [0.2, 0.25) is 5.91 Å². The van der Waals surface area contributed by atoms with Crippen molar-refractivity contribution in [1.82, 2.24) is 20.1 Å². The molecule has 1 amide bonds. The third-order valence-corrected chi connectivity index (χ3v) is 6.47. The Morgan fingerprint density at radius 3 is 2.50 bits per heavy atom. The Bertz CT molecular complexity index is 1070. The molecule has 0 saturated heterocycles. The van der Waals surface area contributed by atoms with Crippen LogP contribution in [-0.4, -0.2) is 38.8 Å². The molecule has 156 valence electrons. The lowest BCUT2D eigenvalue weighted by molar-refractivity contribution is -0.118. The lowest BCUT2D eigenvalue weighted by Crippen LogP contribution is -2.23. The first-order chi connectivity index (χ1) is 14.3. The number of hydrogen-bond donors (Lipinski definition) is 1. The highest BCUT2D eigenvalue weighted by atomic mass is 127. The van der Waals surface area contributed by atoms with E-state index in [1.165, 1.54) is 18.7 Å². The van der Waals surface area contributed by atoms with Gasteiger partial charge in [0.25, 0.3) is 0 Å². The zero-order valence-electron chi connectivity index (χ0n) is 15.9. The maximum absolute atomic E-state index is 12.6. The highest BCUT2D eigenvalue weighted by molar-refractivity contribution is 14.1. The quantitative estimate of drug-likeness (QED) is 0.237. The molecule has 0 unspecified atom stereocenters. The van der Waals surface area contributed by atoms with Crippen molar-refractivity contribution >= 4 is 69.2 Å². The number of nitrogens with one attached hydrogen (secondary N) is 1. The van der Waals surface area contributed by atoms with E-state index >= 15 is 0 Å². The molecule has 0 fully saturated rings. The molecule has 2 aromatic carbocycles. The van der Waals surface area contributed by atoms with Gasteiger partial charge in [0.15, 0.2) is 10.9 Å². The van der Waals surface area contributed by atoms with Gasteiger partial charge in [-0.05, 0) is 52.9 Å². The predicted octanol–water partition coefficient (Wildman–Crippen LogP) is 4.83. The van der Waals surface area contributed by atoms with Gasteiger partial charge in [-0.3, -0.25) is 14.2 Å². The topological polar surface area (TPSA) is 76.9 Å². The van der Waals surface area contributed by atoms with Gasteiger partial charge < -0.3 is 5.32 Å². The summed E-state index contributed by atoms with van der Waals surface area (Å²) in [5.41, 5.74) is 1.38. The van der Waals surface area contributed by atoms with Crippen molar-refractivity contribution in [3.63, 3.8) is 0 Å². The van der Waals surface area contributed by atoms with Crippen molar-refractivity contribution in [2.24, 2.45) is 0 Å². The minimum atomic E-state index is -0.117. The monoisotopic (exact) mass is 574 g/mol. The molecule has 0 spiro atoms. The molecule has 0 saturated carbocycles. The Labute approximate surface area is 201 Å². The summed E-state index contributed by atoms with van der Waals surface area (Å²) in [6.45, 7) is 1.88. The van der Waals surface area contributed by atoms with Gasteiger partial charge in [-0.1, -0.05) is 47.1 Å². The minimum Gasteiger partial charge on any atom is -0.356 e. The second-order valence-corrected chi connectivity index (χ2v) is 9.29. The molecule has 1 aromatic heterocycles. The number of benzene rings is 2. The number of rotatable bonds is 8. The van der Waals surface area contributed by atoms with E-state index in [1.807, 2.05) is 34.9 Å². The van der Waals surface area contributed by atoms with Crippen molar-refractivity contribution in [2.75, 3.05) is 12.3 Å². The van der Waals surface area contributed by atoms with Gasteiger partial charge in [-0.25, -0.2) is 0 Å². The number of thioether (sulfide) groups is 1. The molecule has 0 atom stereocenters. The zero-order chi connectivity index (χ0) is 21.7. The number of carbonyl (C=O) groups excluding carboxylic acids is 2. The number of ketones is 1. The molecular weight excluding hydrogens is 558 g/mol. The van der Waals surface area contributed by atoms with E-state index < -0.39 is 0 Å². The first kappa shape index (κ1) is 23.1. The molecule has 10 heteroatoms. The van der Waals surface area contributed by atoms with Gasteiger partial charge in [-0.15, -0.1) is 10.2 Å². The van der Waals surface area contributed by atoms with Crippen LogP contribution in [0.15, 0.2) is 47.6 Å². The van der Waals surface area contributed by atoms with Crippen molar-refractivity contribution in [3.8, 4) is 5.69 Å². The molecule has 3 rings (SSSR count). The molecule has 6 nitrogen and oxygen atoms in total. The van der Waals surface area contributed by atoms with Crippen LogP contribution in [0.4, 0.5) is 0 Å². The van der Waals surface area contributed by atoms with Crippen LogP contribution >= 0.6 is 57.6 Å². The summed E-state index contributed by atoms with van der Waals surface area (Å²) in [5, 5.41) is 12.7. The minimum absolute atomic E-state index is 0.000107. The maximum Gasteiger partial charge on any atom is 0.216 e. The Balaban J connectivity index is 1.84. The number of amides is 1. The van der Waals surface area contributed by atoms with E-state index in [4.69, 9.17) is 23.2 Å². The number of carbonyl (C=O) groups is 2. The molecule has 30 heavy (non-hydrogen) atoms. The fourth-order valence-corrected chi connectivity index (χ4v) is 4.16. The Kier molecular flexibility index (Phi) is 8.15. The Hall–Kier alpha value is -1.62. The third kappa shape index (κ3) is 5.96. The number of nitrogens with zero attached hydrogens (tertiary/aromatic N) is 3. The van der Waals surface area contributed by atoms with Crippen molar-refractivity contribution in [1.29, 1.82) is 0 Å². The van der Waals surface area contributed by atoms with E-state index in [9.17, 15) is 9.59 Å². The van der Waals surface area contributed by atoms with Crippen LogP contribution in [0.5, 0.6) is 0 Å².